The summed E-state index contributed by atoms with van der Waals surface area (Å²) < 4.78 is 5.05. The normalized spacial score (nSPS) is 11.9. The van der Waals surface area contributed by atoms with Crippen molar-refractivity contribution in [3.05, 3.63) is 45.6 Å². The molecule has 25 heavy (non-hydrogen) atoms. The van der Waals surface area contributed by atoms with Gasteiger partial charge >= 0.3 is 11.8 Å². The van der Waals surface area contributed by atoms with Crippen LogP contribution in [0.15, 0.2) is 35.0 Å². The number of benzene rings is 1. The highest BCUT2D eigenvalue weighted by Crippen LogP contribution is 2.27. The highest BCUT2D eigenvalue weighted by molar-refractivity contribution is 7.08. The molecule has 0 aliphatic carbocycles. The van der Waals surface area contributed by atoms with E-state index in [1.54, 1.807) is 23.5 Å². The molecule has 2 amide bonds. The maximum Gasteiger partial charge on any atom is 0.313 e. The molecule has 0 spiro atoms. The molecule has 8 heteroatoms. The standard InChI is InChI=1S/C17H20ClN3O3S/c1-21(2)14(11-6-7-25-10-11)9-19-16(22)17(23)20-12-4-5-15(24-3)13(18)8-12/h4-8,10,14H,9H2,1-3H3,(H,19,22)(H,20,23). The van der Waals surface area contributed by atoms with Crippen LogP contribution in [0.25, 0.3) is 0 Å². The highest BCUT2D eigenvalue weighted by atomic mass is 35.5. The van der Waals surface area contributed by atoms with Crippen molar-refractivity contribution in [2.24, 2.45) is 0 Å². The lowest BCUT2D eigenvalue weighted by Crippen LogP contribution is -2.40. The molecule has 2 rings (SSSR count). The SMILES string of the molecule is COc1ccc(NC(=O)C(=O)NCC(c2ccsc2)N(C)C)cc1Cl. The molecule has 2 N–H and O–H groups in total. The smallest absolute Gasteiger partial charge is 0.313 e. The van der Waals surface area contributed by atoms with Crippen molar-refractivity contribution in [3.8, 4) is 5.75 Å². The van der Waals surface area contributed by atoms with Gasteiger partial charge in [-0.15, -0.1) is 0 Å². The van der Waals surface area contributed by atoms with Crippen molar-refractivity contribution < 1.29 is 14.3 Å². The van der Waals surface area contributed by atoms with Crippen LogP contribution in [0.2, 0.25) is 5.02 Å². The van der Waals surface area contributed by atoms with Crippen LogP contribution < -0.4 is 15.4 Å². The monoisotopic (exact) mass is 381 g/mol. The molecule has 1 aromatic carbocycles. The van der Waals surface area contributed by atoms with Gasteiger partial charge in [-0.05, 0) is 54.7 Å². The van der Waals surface area contributed by atoms with Crippen LogP contribution >= 0.6 is 22.9 Å². The molecule has 1 aromatic heterocycles. The number of amides is 2. The van der Waals surface area contributed by atoms with Crippen LogP contribution in [0.1, 0.15) is 11.6 Å². The zero-order chi connectivity index (χ0) is 18.4. The minimum atomic E-state index is -0.746. The summed E-state index contributed by atoms with van der Waals surface area (Å²) in [6, 6.07) is 6.76. The predicted octanol–water partition coefficient (Wildman–Crippen LogP) is 2.77. The van der Waals surface area contributed by atoms with E-state index in [0.717, 1.165) is 5.56 Å². The summed E-state index contributed by atoms with van der Waals surface area (Å²) in [6.45, 7) is 0.333. The van der Waals surface area contributed by atoms with Crippen molar-refractivity contribution >= 4 is 40.4 Å². The fourth-order valence-corrected chi connectivity index (χ4v) is 3.23. The molecule has 134 valence electrons. The average molecular weight is 382 g/mol. The summed E-state index contributed by atoms with van der Waals surface area (Å²) in [7, 11) is 5.35. The van der Waals surface area contributed by atoms with Gasteiger partial charge in [-0.25, -0.2) is 0 Å². The second kappa shape index (κ2) is 8.84. The van der Waals surface area contributed by atoms with Gasteiger partial charge in [0.05, 0.1) is 18.2 Å². The van der Waals surface area contributed by atoms with E-state index in [0.29, 0.717) is 23.0 Å². The lowest BCUT2D eigenvalue weighted by molar-refractivity contribution is -0.136. The molecule has 0 aliphatic heterocycles. The zero-order valence-electron chi connectivity index (χ0n) is 14.2. The number of nitrogens with one attached hydrogen (secondary N) is 2. The first-order chi connectivity index (χ1) is 11.9. The molecule has 0 bridgehead atoms. The number of hydrogen-bond donors (Lipinski definition) is 2. The number of likely N-dealkylation sites (N-methyl/N-ethyl adjacent to an activating group) is 1. The Morgan fingerprint density at radius 3 is 2.60 bits per heavy atom. The lowest BCUT2D eigenvalue weighted by atomic mass is 10.1. The molecule has 6 nitrogen and oxygen atoms in total. The Morgan fingerprint density at radius 1 is 1.28 bits per heavy atom. The number of carbonyl (C=O) groups excluding carboxylic acids is 2. The van der Waals surface area contributed by atoms with E-state index in [1.807, 2.05) is 35.8 Å². The molecule has 0 aliphatic rings. The third-order valence-electron chi connectivity index (χ3n) is 3.62. The van der Waals surface area contributed by atoms with E-state index < -0.39 is 11.8 Å². The summed E-state index contributed by atoms with van der Waals surface area (Å²) in [5, 5.41) is 9.54. The minimum absolute atomic E-state index is 0.00145. The quantitative estimate of drug-likeness (QED) is 0.755. The molecule has 1 unspecified atom stereocenters. The topological polar surface area (TPSA) is 70.7 Å². The predicted molar refractivity (Wildman–Crippen MR) is 100 cm³/mol. The first-order valence-corrected chi connectivity index (χ1v) is 8.85. The van der Waals surface area contributed by atoms with E-state index in [9.17, 15) is 9.59 Å². The van der Waals surface area contributed by atoms with Gasteiger partial charge in [-0.2, -0.15) is 11.3 Å². The molecule has 0 radical (unpaired) electrons. The van der Waals surface area contributed by atoms with Crippen LogP contribution in [0.3, 0.4) is 0 Å². The van der Waals surface area contributed by atoms with Crippen molar-refractivity contribution in [1.82, 2.24) is 10.2 Å². The van der Waals surface area contributed by atoms with Gasteiger partial charge in [0.15, 0.2) is 0 Å². The number of nitrogens with zero attached hydrogens (tertiary/aromatic N) is 1. The Balaban J connectivity index is 1.93. The van der Waals surface area contributed by atoms with E-state index in [1.165, 1.54) is 13.2 Å². The largest absolute Gasteiger partial charge is 0.495 e. The number of anilines is 1. The number of rotatable bonds is 6. The molecule has 0 saturated heterocycles. The number of halogens is 1. The molecular formula is C17H20ClN3O3S. The van der Waals surface area contributed by atoms with E-state index in [-0.39, 0.29) is 6.04 Å². The van der Waals surface area contributed by atoms with E-state index in [4.69, 9.17) is 16.3 Å². The highest BCUT2D eigenvalue weighted by Gasteiger charge is 2.19. The third kappa shape index (κ3) is 5.19. The fraction of sp³-hybridized carbons (Fsp3) is 0.294. The van der Waals surface area contributed by atoms with Crippen LogP contribution in [0.4, 0.5) is 5.69 Å². The van der Waals surface area contributed by atoms with E-state index >= 15 is 0 Å². The van der Waals surface area contributed by atoms with Gasteiger partial charge in [-0.1, -0.05) is 11.6 Å². The lowest BCUT2D eigenvalue weighted by Gasteiger charge is -2.23. The Morgan fingerprint density at radius 2 is 2.04 bits per heavy atom. The fourth-order valence-electron chi connectivity index (χ4n) is 2.26. The van der Waals surface area contributed by atoms with Crippen molar-refractivity contribution in [2.75, 3.05) is 33.1 Å². The van der Waals surface area contributed by atoms with Gasteiger partial charge in [0.25, 0.3) is 0 Å². The van der Waals surface area contributed by atoms with Gasteiger partial charge in [-0.3, -0.25) is 9.59 Å². The van der Waals surface area contributed by atoms with Crippen molar-refractivity contribution in [2.45, 2.75) is 6.04 Å². The summed E-state index contributed by atoms with van der Waals surface area (Å²) in [5.41, 5.74) is 1.52. The third-order valence-corrected chi connectivity index (χ3v) is 4.62. The zero-order valence-corrected chi connectivity index (χ0v) is 15.8. The number of hydrogen-bond acceptors (Lipinski definition) is 5. The van der Waals surface area contributed by atoms with E-state index in [2.05, 4.69) is 10.6 Å². The Kier molecular flexibility index (Phi) is 6.81. The minimum Gasteiger partial charge on any atom is -0.495 e. The maximum atomic E-state index is 12.1. The molecule has 1 atom stereocenters. The Hall–Kier alpha value is -2.09. The van der Waals surface area contributed by atoms with Crippen LogP contribution in [-0.4, -0.2) is 44.5 Å². The van der Waals surface area contributed by atoms with Gasteiger partial charge < -0.3 is 20.3 Å². The summed E-state index contributed by atoms with van der Waals surface area (Å²) in [5.74, 6) is -0.952. The molecule has 0 saturated carbocycles. The first kappa shape index (κ1) is 19.2. The van der Waals surface area contributed by atoms with Gasteiger partial charge in [0, 0.05) is 12.2 Å². The molecular weight excluding hydrogens is 362 g/mol. The average Bonchev–Trinajstić information content (AvgIpc) is 3.09. The second-order valence-electron chi connectivity index (χ2n) is 5.55. The van der Waals surface area contributed by atoms with Crippen LogP contribution in [0.5, 0.6) is 5.75 Å². The Labute approximate surface area is 155 Å². The first-order valence-electron chi connectivity index (χ1n) is 7.53. The van der Waals surface area contributed by atoms with Crippen LogP contribution in [-0.2, 0) is 9.59 Å². The number of thiophene rings is 1. The van der Waals surface area contributed by atoms with Crippen molar-refractivity contribution in [1.29, 1.82) is 0 Å². The van der Waals surface area contributed by atoms with Gasteiger partial charge in [0.1, 0.15) is 5.75 Å². The molecule has 2 aromatic rings. The number of ether oxygens (including phenoxy) is 1. The van der Waals surface area contributed by atoms with Crippen LogP contribution in [0, 0.1) is 0 Å². The number of methoxy groups -OCH3 is 1. The summed E-state index contributed by atoms with van der Waals surface area (Å²) >= 11 is 7.60. The maximum absolute atomic E-state index is 12.1. The summed E-state index contributed by atoms with van der Waals surface area (Å²) in [6.07, 6.45) is 0. The second-order valence-corrected chi connectivity index (χ2v) is 6.74. The van der Waals surface area contributed by atoms with Gasteiger partial charge in [0.2, 0.25) is 0 Å². The summed E-state index contributed by atoms with van der Waals surface area (Å²) in [4.78, 5) is 26.1. The van der Waals surface area contributed by atoms with Crippen molar-refractivity contribution in [3.63, 3.8) is 0 Å². The molecule has 0 fully saturated rings. The molecule has 1 heterocycles. The number of carbonyl (C=O) groups is 2. The Bertz CT molecular complexity index is 735.